The summed E-state index contributed by atoms with van der Waals surface area (Å²) in [5.41, 5.74) is 9.20. The molecular formula is C20H27N5O. The molecule has 0 spiro atoms. The normalized spacial score (nSPS) is 13.8. The lowest BCUT2D eigenvalue weighted by atomic mass is 9.97. The van der Waals surface area contributed by atoms with E-state index in [4.69, 9.17) is 10.5 Å². The Kier molecular flexibility index (Phi) is 6.30. The molecule has 3 rings (SSSR count). The van der Waals surface area contributed by atoms with Crippen LogP contribution in [0.15, 0.2) is 42.2 Å². The third-order valence-corrected chi connectivity index (χ3v) is 4.44. The number of ether oxygens (including phenoxy) is 1. The Hall–Kier alpha value is -2.76. The van der Waals surface area contributed by atoms with Crippen LogP contribution in [0.2, 0.25) is 0 Å². The van der Waals surface area contributed by atoms with Crippen LogP contribution in [0.3, 0.4) is 0 Å². The highest BCUT2D eigenvalue weighted by atomic mass is 16.5. The first kappa shape index (κ1) is 18.0. The number of hydrogen-bond acceptors (Lipinski definition) is 6. The monoisotopic (exact) mass is 353 g/mol. The maximum atomic E-state index is 6.24. The molecule has 2 aromatic rings. The number of nitrogens with zero attached hydrogens (tertiary/aromatic N) is 2. The topological polar surface area (TPSA) is 85.1 Å². The zero-order valence-corrected chi connectivity index (χ0v) is 15.3. The van der Waals surface area contributed by atoms with Crippen molar-refractivity contribution in [3.8, 4) is 5.75 Å². The van der Waals surface area contributed by atoms with E-state index in [1.54, 1.807) is 0 Å². The predicted molar refractivity (Wildman–Crippen MR) is 107 cm³/mol. The molecule has 6 heteroatoms. The van der Waals surface area contributed by atoms with E-state index in [2.05, 4.69) is 26.7 Å². The molecule has 0 aliphatic heterocycles. The Morgan fingerprint density at radius 2 is 1.92 bits per heavy atom. The fraction of sp³-hybridized carbons (Fsp3) is 0.400. The summed E-state index contributed by atoms with van der Waals surface area (Å²) >= 11 is 0. The van der Waals surface area contributed by atoms with Crippen LogP contribution < -0.4 is 21.1 Å². The molecule has 0 atom stereocenters. The SMILES string of the molecule is CCOc1ccc(Nc2ncnc(NCCC3=CCCCC3)c2N)cc1. The summed E-state index contributed by atoms with van der Waals surface area (Å²) in [6.45, 7) is 3.44. The van der Waals surface area contributed by atoms with Crippen molar-refractivity contribution in [3.05, 3.63) is 42.2 Å². The minimum absolute atomic E-state index is 0.527. The molecule has 1 aromatic heterocycles. The van der Waals surface area contributed by atoms with Crippen molar-refractivity contribution in [1.82, 2.24) is 9.97 Å². The first-order valence-corrected chi connectivity index (χ1v) is 9.28. The lowest BCUT2D eigenvalue weighted by Crippen LogP contribution is -2.10. The summed E-state index contributed by atoms with van der Waals surface area (Å²) in [4.78, 5) is 8.54. The molecule has 1 heterocycles. The molecule has 1 aliphatic carbocycles. The van der Waals surface area contributed by atoms with E-state index in [0.717, 1.165) is 24.4 Å². The van der Waals surface area contributed by atoms with Gasteiger partial charge in [-0.05, 0) is 63.3 Å². The van der Waals surface area contributed by atoms with Crippen molar-refractivity contribution in [2.24, 2.45) is 0 Å². The van der Waals surface area contributed by atoms with Crippen LogP contribution in [0.25, 0.3) is 0 Å². The van der Waals surface area contributed by atoms with Gasteiger partial charge in [0.2, 0.25) is 0 Å². The predicted octanol–water partition coefficient (Wildman–Crippen LogP) is 4.50. The van der Waals surface area contributed by atoms with Gasteiger partial charge in [0.15, 0.2) is 11.6 Å². The average molecular weight is 353 g/mol. The van der Waals surface area contributed by atoms with Crippen LogP contribution in [-0.4, -0.2) is 23.1 Å². The molecule has 0 saturated carbocycles. The second-order valence-corrected chi connectivity index (χ2v) is 6.35. The third-order valence-electron chi connectivity index (χ3n) is 4.44. The Bertz CT molecular complexity index is 742. The van der Waals surface area contributed by atoms with Crippen LogP contribution in [0, 0.1) is 0 Å². The number of benzene rings is 1. The van der Waals surface area contributed by atoms with Gasteiger partial charge in [0.05, 0.1) is 6.61 Å². The van der Waals surface area contributed by atoms with Crippen molar-refractivity contribution in [2.45, 2.75) is 39.0 Å². The van der Waals surface area contributed by atoms with Gasteiger partial charge in [-0.1, -0.05) is 11.6 Å². The Morgan fingerprint density at radius 3 is 2.65 bits per heavy atom. The van der Waals surface area contributed by atoms with Gasteiger partial charge in [-0.25, -0.2) is 9.97 Å². The van der Waals surface area contributed by atoms with Crippen LogP contribution in [0.4, 0.5) is 23.0 Å². The number of nitrogens with two attached hydrogens (primary N) is 1. The summed E-state index contributed by atoms with van der Waals surface area (Å²) in [6, 6.07) is 7.71. The minimum atomic E-state index is 0.527. The molecule has 0 unspecified atom stereocenters. The van der Waals surface area contributed by atoms with Gasteiger partial charge in [-0.3, -0.25) is 0 Å². The van der Waals surface area contributed by atoms with Gasteiger partial charge in [0.25, 0.3) is 0 Å². The van der Waals surface area contributed by atoms with E-state index in [-0.39, 0.29) is 0 Å². The molecule has 0 radical (unpaired) electrons. The molecule has 1 aliphatic rings. The molecule has 4 N–H and O–H groups in total. The number of nitrogen functional groups attached to an aromatic ring is 1. The maximum Gasteiger partial charge on any atom is 0.159 e. The van der Waals surface area contributed by atoms with Gasteiger partial charge < -0.3 is 21.1 Å². The Labute approximate surface area is 154 Å². The highest BCUT2D eigenvalue weighted by Crippen LogP contribution is 2.27. The molecule has 138 valence electrons. The molecule has 0 amide bonds. The number of aromatic nitrogens is 2. The highest BCUT2D eigenvalue weighted by molar-refractivity contribution is 5.77. The van der Waals surface area contributed by atoms with E-state index in [1.807, 2.05) is 31.2 Å². The second-order valence-electron chi connectivity index (χ2n) is 6.35. The summed E-state index contributed by atoms with van der Waals surface area (Å²) in [5, 5.41) is 6.57. The van der Waals surface area contributed by atoms with Crippen molar-refractivity contribution in [2.75, 3.05) is 29.5 Å². The van der Waals surface area contributed by atoms with Gasteiger partial charge in [0, 0.05) is 12.2 Å². The molecule has 0 bridgehead atoms. The quantitative estimate of drug-likeness (QED) is 0.606. The molecular weight excluding hydrogens is 326 g/mol. The van der Waals surface area contributed by atoms with Gasteiger partial charge >= 0.3 is 0 Å². The fourth-order valence-electron chi connectivity index (χ4n) is 3.05. The average Bonchev–Trinajstić information content (AvgIpc) is 2.67. The zero-order valence-electron chi connectivity index (χ0n) is 15.3. The van der Waals surface area contributed by atoms with Crippen LogP contribution in [0.5, 0.6) is 5.75 Å². The van der Waals surface area contributed by atoms with Crippen molar-refractivity contribution >= 4 is 23.0 Å². The molecule has 26 heavy (non-hydrogen) atoms. The molecule has 0 fully saturated rings. The van der Waals surface area contributed by atoms with E-state index in [9.17, 15) is 0 Å². The van der Waals surface area contributed by atoms with Gasteiger partial charge in [0.1, 0.15) is 17.8 Å². The van der Waals surface area contributed by atoms with E-state index in [0.29, 0.717) is 23.9 Å². The summed E-state index contributed by atoms with van der Waals surface area (Å²) in [6.07, 6.45) is 9.97. The van der Waals surface area contributed by atoms with E-state index in [1.165, 1.54) is 37.6 Å². The van der Waals surface area contributed by atoms with Crippen LogP contribution >= 0.6 is 0 Å². The summed E-state index contributed by atoms with van der Waals surface area (Å²) in [5.74, 6) is 2.11. The number of nitrogens with one attached hydrogen (secondary N) is 2. The zero-order chi connectivity index (χ0) is 18.2. The first-order chi connectivity index (χ1) is 12.8. The summed E-state index contributed by atoms with van der Waals surface area (Å²) < 4.78 is 5.46. The second kappa shape index (κ2) is 9.08. The van der Waals surface area contributed by atoms with Gasteiger partial charge in [-0.2, -0.15) is 0 Å². The van der Waals surface area contributed by atoms with Crippen LogP contribution in [-0.2, 0) is 0 Å². The van der Waals surface area contributed by atoms with Gasteiger partial charge in [-0.15, -0.1) is 0 Å². The Balaban J connectivity index is 1.60. The third kappa shape index (κ3) is 4.88. The smallest absolute Gasteiger partial charge is 0.159 e. The largest absolute Gasteiger partial charge is 0.494 e. The maximum absolute atomic E-state index is 6.24. The number of rotatable bonds is 8. The van der Waals surface area contributed by atoms with E-state index >= 15 is 0 Å². The number of hydrogen-bond donors (Lipinski definition) is 3. The highest BCUT2D eigenvalue weighted by Gasteiger charge is 2.09. The number of anilines is 4. The molecule has 6 nitrogen and oxygen atoms in total. The standard InChI is InChI=1S/C20H27N5O/c1-2-26-17-10-8-16(9-11-17)25-20-18(21)19(23-14-24-20)22-13-12-15-6-4-3-5-7-15/h6,8-11,14H,2-5,7,12-13,21H2,1H3,(H2,22,23,24,25). The Morgan fingerprint density at radius 1 is 1.12 bits per heavy atom. The van der Waals surface area contributed by atoms with Crippen LogP contribution in [0.1, 0.15) is 39.0 Å². The number of allylic oxidation sites excluding steroid dienone is 1. The lowest BCUT2D eigenvalue weighted by molar-refractivity contribution is 0.340. The van der Waals surface area contributed by atoms with Crippen molar-refractivity contribution in [1.29, 1.82) is 0 Å². The molecule has 1 aromatic carbocycles. The summed E-state index contributed by atoms with van der Waals surface area (Å²) in [7, 11) is 0. The first-order valence-electron chi connectivity index (χ1n) is 9.28. The fourth-order valence-corrected chi connectivity index (χ4v) is 3.05. The molecule has 0 saturated heterocycles. The van der Waals surface area contributed by atoms with Crippen molar-refractivity contribution < 1.29 is 4.74 Å². The minimum Gasteiger partial charge on any atom is -0.494 e. The van der Waals surface area contributed by atoms with Crippen molar-refractivity contribution in [3.63, 3.8) is 0 Å². The van der Waals surface area contributed by atoms with E-state index < -0.39 is 0 Å². The lowest BCUT2D eigenvalue weighted by Gasteiger charge is -2.15.